The molecule has 6 nitrogen and oxygen atoms in total. The van der Waals surface area contributed by atoms with E-state index in [9.17, 15) is 4.79 Å². The minimum Gasteiger partial charge on any atom is -0.356 e. The van der Waals surface area contributed by atoms with E-state index < -0.39 is 0 Å². The second kappa shape index (κ2) is 15.5. The number of hydrogen-bond donors (Lipinski definition) is 3. The van der Waals surface area contributed by atoms with E-state index >= 15 is 0 Å². The Morgan fingerprint density at radius 1 is 1.07 bits per heavy atom. The zero-order valence-corrected chi connectivity index (χ0v) is 21.2. The molecule has 0 unspecified atom stereocenters. The molecule has 0 atom stereocenters. The monoisotopic (exact) mass is 517 g/mol. The van der Waals surface area contributed by atoms with Gasteiger partial charge < -0.3 is 16.0 Å². The lowest BCUT2D eigenvalue weighted by Crippen LogP contribution is -2.41. The molecular weight excluding hydrogens is 477 g/mol. The Morgan fingerprint density at radius 2 is 1.69 bits per heavy atom. The molecule has 0 saturated carbocycles. The Hall–Kier alpha value is -1.35. The van der Waals surface area contributed by atoms with Crippen LogP contribution in [0, 0.1) is 0 Å². The molecule has 0 aliphatic rings. The molecule has 1 aromatic rings. The smallest absolute Gasteiger partial charge is 0.224 e. The van der Waals surface area contributed by atoms with E-state index in [1.54, 1.807) is 7.05 Å². The average molecular weight is 518 g/mol. The van der Waals surface area contributed by atoms with Gasteiger partial charge in [-0.2, -0.15) is 0 Å². The minimum atomic E-state index is 0. The summed E-state index contributed by atoms with van der Waals surface area (Å²) in [5.74, 6) is 0.868. The summed E-state index contributed by atoms with van der Waals surface area (Å²) in [5.41, 5.74) is 1.98. The molecule has 29 heavy (non-hydrogen) atoms. The van der Waals surface area contributed by atoms with Crippen molar-refractivity contribution in [1.29, 1.82) is 0 Å². The maximum Gasteiger partial charge on any atom is 0.224 e. The highest BCUT2D eigenvalue weighted by Crippen LogP contribution is 2.10. The Balaban J connectivity index is 0.00000784. The lowest BCUT2D eigenvalue weighted by molar-refractivity contribution is -0.116. The van der Waals surface area contributed by atoms with Gasteiger partial charge in [-0.15, -0.1) is 24.0 Å². The number of hydrogen-bond acceptors (Lipinski definition) is 3. The first kappa shape index (κ1) is 27.6. The number of carbonyl (C=O) groups excluding carboxylic acids is 1. The first-order valence-electron chi connectivity index (χ1n) is 10.5. The van der Waals surface area contributed by atoms with E-state index in [1.165, 1.54) is 0 Å². The summed E-state index contributed by atoms with van der Waals surface area (Å²) in [6.45, 7) is 13.6. The van der Waals surface area contributed by atoms with Crippen molar-refractivity contribution in [3.63, 3.8) is 0 Å². The molecule has 3 N–H and O–H groups in total. The Bertz CT molecular complexity index is 594. The van der Waals surface area contributed by atoms with E-state index in [1.807, 2.05) is 31.2 Å². The number of amides is 1. The largest absolute Gasteiger partial charge is 0.356 e. The predicted octanol–water partition coefficient (Wildman–Crippen LogP) is 4.22. The average Bonchev–Trinajstić information content (AvgIpc) is 2.64. The molecule has 0 bridgehead atoms. The van der Waals surface area contributed by atoms with Crippen LogP contribution in [0.2, 0.25) is 0 Å². The molecule has 0 aliphatic carbocycles. The van der Waals surface area contributed by atoms with Crippen molar-refractivity contribution >= 4 is 41.5 Å². The maximum absolute atomic E-state index is 11.6. The van der Waals surface area contributed by atoms with Crippen molar-refractivity contribution < 1.29 is 4.79 Å². The standard InChI is InChI=1S/C22H39N5O.HI/c1-7-9-21(28)26-20-12-10-19(11-13-20)16-25-22(23-6)24-14-8-15-27(17(2)3)18(4)5;/h10-13,17-18H,7-9,14-16H2,1-6H3,(H,26,28)(H2,23,24,25);1H. The summed E-state index contributed by atoms with van der Waals surface area (Å²) in [5, 5.41) is 9.62. The first-order valence-corrected chi connectivity index (χ1v) is 10.5. The van der Waals surface area contributed by atoms with Crippen LogP contribution in [0.25, 0.3) is 0 Å². The third-order valence-electron chi connectivity index (χ3n) is 4.61. The van der Waals surface area contributed by atoms with Gasteiger partial charge in [0.05, 0.1) is 0 Å². The zero-order valence-electron chi connectivity index (χ0n) is 18.9. The summed E-state index contributed by atoms with van der Waals surface area (Å²) in [6.07, 6.45) is 2.48. The molecule has 1 amide bonds. The van der Waals surface area contributed by atoms with Gasteiger partial charge in [-0.05, 0) is 58.2 Å². The lowest BCUT2D eigenvalue weighted by atomic mass is 10.2. The highest BCUT2D eigenvalue weighted by atomic mass is 127. The third-order valence-corrected chi connectivity index (χ3v) is 4.61. The molecule has 1 aromatic carbocycles. The van der Waals surface area contributed by atoms with E-state index in [0.717, 1.165) is 43.1 Å². The van der Waals surface area contributed by atoms with Crippen LogP contribution in [-0.2, 0) is 11.3 Å². The first-order chi connectivity index (χ1) is 13.4. The summed E-state index contributed by atoms with van der Waals surface area (Å²) < 4.78 is 0. The summed E-state index contributed by atoms with van der Waals surface area (Å²) in [4.78, 5) is 18.4. The molecule has 0 radical (unpaired) electrons. The second-order valence-corrected chi connectivity index (χ2v) is 7.63. The number of anilines is 1. The third kappa shape index (κ3) is 11.4. The normalized spacial score (nSPS) is 11.6. The van der Waals surface area contributed by atoms with Crippen LogP contribution in [0.1, 0.15) is 59.4 Å². The molecule has 0 saturated heterocycles. The van der Waals surface area contributed by atoms with Gasteiger partial charge in [-0.25, -0.2) is 0 Å². The van der Waals surface area contributed by atoms with E-state index in [0.29, 0.717) is 25.0 Å². The van der Waals surface area contributed by atoms with Crippen molar-refractivity contribution in [3.05, 3.63) is 29.8 Å². The lowest BCUT2D eigenvalue weighted by Gasteiger charge is -2.30. The molecular formula is C22H40IN5O. The van der Waals surface area contributed by atoms with Gasteiger partial charge in [0.25, 0.3) is 0 Å². The van der Waals surface area contributed by atoms with Crippen molar-refractivity contribution in [3.8, 4) is 0 Å². The number of guanidine groups is 1. The summed E-state index contributed by atoms with van der Waals surface area (Å²) >= 11 is 0. The van der Waals surface area contributed by atoms with Gasteiger partial charge in [0.15, 0.2) is 5.96 Å². The topological polar surface area (TPSA) is 68.8 Å². The van der Waals surface area contributed by atoms with E-state index in [4.69, 9.17) is 0 Å². The van der Waals surface area contributed by atoms with Crippen LogP contribution in [-0.4, -0.2) is 49.0 Å². The number of halogens is 1. The molecule has 0 fully saturated rings. The van der Waals surface area contributed by atoms with Crippen LogP contribution in [0.4, 0.5) is 5.69 Å². The van der Waals surface area contributed by atoms with E-state index in [2.05, 4.69) is 53.5 Å². The summed E-state index contributed by atoms with van der Waals surface area (Å²) in [6, 6.07) is 9.04. The second-order valence-electron chi connectivity index (χ2n) is 7.63. The Labute approximate surface area is 194 Å². The Morgan fingerprint density at radius 3 is 2.21 bits per heavy atom. The number of benzene rings is 1. The van der Waals surface area contributed by atoms with Crippen molar-refractivity contribution in [1.82, 2.24) is 15.5 Å². The van der Waals surface area contributed by atoms with Crippen LogP contribution in [0.15, 0.2) is 29.3 Å². The quantitative estimate of drug-likeness (QED) is 0.178. The fourth-order valence-corrected chi connectivity index (χ4v) is 3.14. The maximum atomic E-state index is 11.6. The highest BCUT2D eigenvalue weighted by Gasteiger charge is 2.12. The zero-order chi connectivity index (χ0) is 20.9. The van der Waals surface area contributed by atoms with Crippen LogP contribution < -0.4 is 16.0 Å². The van der Waals surface area contributed by atoms with Gasteiger partial charge in [0, 0.05) is 50.9 Å². The van der Waals surface area contributed by atoms with Gasteiger partial charge >= 0.3 is 0 Å². The van der Waals surface area contributed by atoms with E-state index in [-0.39, 0.29) is 29.9 Å². The minimum absolute atomic E-state index is 0. The SMILES string of the molecule is CCCC(=O)Nc1ccc(CNC(=NC)NCCCN(C(C)C)C(C)C)cc1.I. The highest BCUT2D eigenvalue weighted by molar-refractivity contribution is 14.0. The molecule has 0 aromatic heterocycles. The molecule has 7 heteroatoms. The van der Waals surface area contributed by atoms with Crippen molar-refractivity contribution in [2.45, 2.75) is 72.5 Å². The number of rotatable bonds is 11. The molecule has 1 rings (SSSR count). The summed E-state index contributed by atoms with van der Waals surface area (Å²) in [7, 11) is 1.79. The molecule has 0 heterocycles. The van der Waals surface area contributed by atoms with Crippen molar-refractivity contribution in [2.75, 3.05) is 25.5 Å². The van der Waals surface area contributed by atoms with Gasteiger partial charge in [0.2, 0.25) is 5.91 Å². The number of nitrogens with one attached hydrogen (secondary N) is 3. The van der Waals surface area contributed by atoms with Crippen LogP contribution in [0.3, 0.4) is 0 Å². The van der Waals surface area contributed by atoms with Gasteiger partial charge in [0.1, 0.15) is 0 Å². The van der Waals surface area contributed by atoms with Crippen LogP contribution >= 0.6 is 24.0 Å². The molecule has 0 spiro atoms. The molecule has 0 aliphatic heterocycles. The van der Waals surface area contributed by atoms with Crippen LogP contribution in [0.5, 0.6) is 0 Å². The fraction of sp³-hybridized carbons (Fsp3) is 0.636. The van der Waals surface area contributed by atoms with Gasteiger partial charge in [-0.1, -0.05) is 19.1 Å². The van der Waals surface area contributed by atoms with Gasteiger partial charge in [-0.3, -0.25) is 14.7 Å². The Kier molecular flexibility index (Phi) is 14.8. The number of aliphatic imine (C=N–C) groups is 1. The fourth-order valence-electron chi connectivity index (χ4n) is 3.14. The van der Waals surface area contributed by atoms with Crippen molar-refractivity contribution in [2.24, 2.45) is 4.99 Å². The number of carbonyl (C=O) groups is 1. The number of nitrogens with zero attached hydrogens (tertiary/aromatic N) is 2. The molecule has 166 valence electrons. The predicted molar refractivity (Wildman–Crippen MR) is 135 cm³/mol.